The topological polar surface area (TPSA) is 116 Å². The molecule has 0 amide bonds. The van der Waals surface area contributed by atoms with Gasteiger partial charge in [-0.3, -0.25) is 4.72 Å². The molecule has 0 fully saturated rings. The molecule has 2 N–H and O–H groups in total. The molecule has 2 rings (SSSR count). The number of aromatic carboxylic acids is 1. The van der Waals surface area contributed by atoms with Gasteiger partial charge in [0.15, 0.2) is 0 Å². The second-order valence-corrected chi connectivity index (χ2v) is 5.43. The van der Waals surface area contributed by atoms with Crippen molar-refractivity contribution in [2.75, 3.05) is 4.72 Å². The van der Waals surface area contributed by atoms with Crippen molar-refractivity contribution in [3.63, 3.8) is 0 Å². The summed E-state index contributed by atoms with van der Waals surface area (Å²) in [5.74, 6) is -1.44. The normalized spacial score (nSPS) is 9.90. The van der Waals surface area contributed by atoms with Gasteiger partial charge in [-0.1, -0.05) is 36.4 Å². The molecule has 0 saturated carbocycles. The Bertz CT molecular complexity index is 704. The summed E-state index contributed by atoms with van der Waals surface area (Å²) in [7, 11) is -3.81. The molecule has 2 aromatic carbocycles. The molecule has 0 saturated heterocycles. The third-order valence-electron chi connectivity index (χ3n) is 2.44. The van der Waals surface area contributed by atoms with Crippen LogP contribution in [0.4, 0.5) is 5.69 Å². The largest absolute Gasteiger partial charge is 2.00 e. The van der Waals surface area contributed by atoms with Crippen LogP contribution in [0.15, 0.2) is 59.5 Å². The van der Waals surface area contributed by atoms with Crippen LogP contribution in [0.25, 0.3) is 0 Å². The van der Waals surface area contributed by atoms with Crippen molar-refractivity contribution < 1.29 is 43.3 Å². The number of anilines is 1. The predicted molar refractivity (Wildman–Crippen MR) is 70.0 cm³/mol. The van der Waals surface area contributed by atoms with Crippen LogP contribution in [0.3, 0.4) is 0 Å². The van der Waals surface area contributed by atoms with E-state index in [0.29, 0.717) is 0 Å². The van der Waals surface area contributed by atoms with Crippen LogP contribution in [0, 0.1) is 0 Å². The van der Waals surface area contributed by atoms with Crippen LogP contribution in [-0.4, -0.2) is 19.9 Å². The van der Waals surface area contributed by atoms with Gasteiger partial charge < -0.3 is 15.4 Å². The summed E-state index contributed by atoms with van der Waals surface area (Å²) >= 11 is 0. The van der Waals surface area contributed by atoms with Gasteiger partial charge in [-0.15, -0.1) is 0 Å². The number of carbonyl (C=O) groups is 1. The average molecular weight is 359 g/mol. The average Bonchev–Trinajstić information content (AvgIpc) is 2.39. The van der Waals surface area contributed by atoms with Crippen molar-refractivity contribution >= 4 is 21.7 Å². The molecule has 8 heteroatoms. The first-order chi connectivity index (χ1) is 9.00. The Morgan fingerprint density at radius 3 is 2.05 bits per heavy atom. The standard InChI is InChI=1S/C13H11NO4S.H2O.Zn/c15-13(16)11-8-4-5-9-12(11)14-19(17,18)10-6-2-1-3-7-10;;/h1-9,14H,(H,15,16);1H2;/q;;+2/p-2. The van der Waals surface area contributed by atoms with Gasteiger partial charge in [-0.2, -0.15) is 0 Å². The first-order valence-corrected chi connectivity index (χ1v) is 6.87. The minimum atomic E-state index is -3.81. The number of carboxylic acids is 1. The monoisotopic (exact) mass is 357 g/mol. The molecule has 21 heavy (non-hydrogen) atoms. The maximum atomic E-state index is 12.1. The molecular formula is C13H11NO5SZn. The molecular weight excluding hydrogens is 348 g/mol. The molecule has 0 aromatic heterocycles. The van der Waals surface area contributed by atoms with Gasteiger partial charge in [0, 0.05) is 5.56 Å². The van der Waals surface area contributed by atoms with E-state index < -0.39 is 16.0 Å². The third-order valence-corrected chi connectivity index (χ3v) is 3.83. The number of para-hydroxylation sites is 1. The maximum Gasteiger partial charge on any atom is 2.00 e. The minimum Gasteiger partial charge on any atom is -0.870 e. The van der Waals surface area contributed by atoms with E-state index >= 15 is 0 Å². The molecule has 0 radical (unpaired) electrons. The summed E-state index contributed by atoms with van der Waals surface area (Å²) in [5.41, 5.74) is -0.228. The van der Waals surface area contributed by atoms with Crippen molar-refractivity contribution in [3.8, 4) is 0 Å². The zero-order chi connectivity index (χ0) is 13.9. The van der Waals surface area contributed by atoms with E-state index in [-0.39, 0.29) is 41.1 Å². The Kier molecular flexibility index (Phi) is 7.22. The number of hydrogen-bond donors (Lipinski definition) is 1. The third kappa shape index (κ3) is 4.63. The Morgan fingerprint density at radius 1 is 0.952 bits per heavy atom. The van der Waals surface area contributed by atoms with E-state index in [0.717, 1.165) is 0 Å². The molecule has 0 aliphatic heterocycles. The minimum absolute atomic E-state index is 0. The molecule has 106 valence electrons. The summed E-state index contributed by atoms with van der Waals surface area (Å²) < 4.78 is 26.3. The van der Waals surface area contributed by atoms with Crippen molar-refractivity contribution in [2.45, 2.75) is 4.90 Å². The smallest absolute Gasteiger partial charge is 0.870 e. The molecule has 0 bridgehead atoms. The molecule has 0 aliphatic rings. The van der Waals surface area contributed by atoms with Crippen LogP contribution >= 0.6 is 0 Å². The van der Waals surface area contributed by atoms with Crippen LogP contribution in [0.1, 0.15) is 10.4 Å². The van der Waals surface area contributed by atoms with Gasteiger partial charge in [0.1, 0.15) is 0 Å². The second kappa shape index (κ2) is 7.88. The van der Waals surface area contributed by atoms with Crippen LogP contribution < -0.4 is 9.83 Å². The summed E-state index contributed by atoms with van der Waals surface area (Å²) in [6.07, 6.45) is 0. The fourth-order valence-corrected chi connectivity index (χ4v) is 2.65. The predicted octanol–water partition coefficient (Wildman–Crippen LogP) is 0.672. The Balaban J connectivity index is 0.00000200. The number of carboxylic acid groups (broad SMARTS) is 1. The van der Waals surface area contributed by atoms with Gasteiger partial charge >= 0.3 is 19.5 Å². The molecule has 2 aromatic rings. The summed E-state index contributed by atoms with van der Waals surface area (Å²) in [6, 6.07) is 13.4. The zero-order valence-corrected chi connectivity index (χ0v) is 14.7. The summed E-state index contributed by atoms with van der Waals surface area (Å²) in [4.78, 5) is 11.0. The second-order valence-electron chi connectivity index (χ2n) is 3.75. The van der Waals surface area contributed by atoms with Gasteiger partial charge in [0.25, 0.3) is 10.0 Å². The van der Waals surface area contributed by atoms with Gasteiger partial charge in [0.2, 0.25) is 0 Å². The van der Waals surface area contributed by atoms with Crippen LogP contribution in [-0.2, 0) is 29.5 Å². The van der Waals surface area contributed by atoms with Crippen LogP contribution in [0.2, 0.25) is 0 Å². The van der Waals surface area contributed by atoms with E-state index in [1.165, 1.54) is 36.4 Å². The molecule has 0 heterocycles. The van der Waals surface area contributed by atoms with Crippen LogP contribution in [0.5, 0.6) is 0 Å². The number of rotatable bonds is 4. The van der Waals surface area contributed by atoms with E-state index in [1.807, 2.05) is 0 Å². The van der Waals surface area contributed by atoms with Crippen molar-refractivity contribution in [1.82, 2.24) is 0 Å². The number of sulfonamides is 1. The number of nitrogens with one attached hydrogen (secondary N) is 1. The molecule has 0 spiro atoms. The first-order valence-electron chi connectivity index (χ1n) is 5.39. The fourth-order valence-electron chi connectivity index (χ4n) is 1.55. The van der Waals surface area contributed by atoms with Gasteiger partial charge in [-0.25, -0.2) is 8.42 Å². The Hall–Kier alpha value is -1.76. The molecule has 0 atom stereocenters. The van der Waals surface area contributed by atoms with Crippen molar-refractivity contribution in [2.24, 2.45) is 0 Å². The number of carbonyl (C=O) groups excluding carboxylic acids is 1. The van der Waals surface area contributed by atoms with E-state index in [1.54, 1.807) is 18.2 Å². The quantitative estimate of drug-likeness (QED) is 0.806. The molecule has 0 unspecified atom stereocenters. The van der Waals surface area contributed by atoms with Gasteiger partial charge in [-0.05, 0) is 18.2 Å². The first kappa shape index (κ1) is 19.2. The van der Waals surface area contributed by atoms with E-state index in [2.05, 4.69) is 4.72 Å². The number of hydrogen-bond acceptors (Lipinski definition) is 5. The molecule has 6 nitrogen and oxygen atoms in total. The maximum absolute atomic E-state index is 12.1. The zero-order valence-electron chi connectivity index (χ0n) is 10.9. The fraction of sp³-hybridized carbons (Fsp3) is 0. The van der Waals surface area contributed by atoms with Gasteiger partial charge in [0.05, 0.1) is 16.6 Å². The molecule has 0 aliphatic carbocycles. The number of benzene rings is 2. The Labute approximate surface area is 134 Å². The summed E-state index contributed by atoms with van der Waals surface area (Å²) in [5, 5.41) is 10.9. The van der Waals surface area contributed by atoms with Crippen molar-refractivity contribution in [1.29, 1.82) is 0 Å². The summed E-state index contributed by atoms with van der Waals surface area (Å²) in [6.45, 7) is 0. The van der Waals surface area contributed by atoms with Crippen molar-refractivity contribution in [3.05, 3.63) is 60.2 Å². The Morgan fingerprint density at radius 2 is 1.48 bits per heavy atom. The van der Waals surface area contributed by atoms with E-state index in [4.69, 9.17) is 0 Å². The SMILES string of the molecule is O=C([O-])c1ccccc1NS(=O)(=O)c1ccccc1.[OH-].[Zn+2]. The van der Waals surface area contributed by atoms with E-state index in [9.17, 15) is 18.3 Å².